The Morgan fingerprint density at radius 3 is 2.84 bits per heavy atom. The first kappa shape index (κ1) is 12.3. The molecule has 19 heavy (non-hydrogen) atoms. The van der Waals surface area contributed by atoms with E-state index in [1.165, 1.54) is 12.1 Å². The van der Waals surface area contributed by atoms with Crippen molar-refractivity contribution < 1.29 is 8.91 Å². The van der Waals surface area contributed by atoms with Crippen LogP contribution in [0.2, 0.25) is 0 Å². The zero-order chi connectivity index (χ0) is 13.2. The fraction of sp³-hybridized carbons (Fsp3) is 0.429. The Hall–Kier alpha value is -1.75. The highest BCUT2D eigenvalue weighted by Crippen LogP contribution is 2.27. The topological polar surface area (TPSA) is 51.0 Å². The second kappa shape index (κ2) is 5.09. The van der Waals surface area contributed by atoms with Gasteiger partial charge in [0.05, 0.1) is 0 Å². The quantitative estimate of drug-likeness (QED) is 0.903. The molecule has 0 unspecified atom stereocenters. The third-order valence-electron chi connectivity index (χ3n) is 3.56. The summed E-state index contributed by atoms with van der Waals surface area (Å²) in [5, 5.41) is 7.38. The molecule has 0 amide bonds. The highest BCUT2D eigenvalue weighted by molar-refractivity contribution is 5.57. The summed E-state index contributed by atoms with van der Waals surface area (Å²) in [6.45, 7) is 3.82. The maximum Gasteiger partial charge on any atom is 0.258 e. The van der Waals surface area contributed by atoms with Crippen LogP contribution >= 0.6 is 0 Å². The zero-order valence-electron chi connectivity index (χ0n) is 10.8. The molecule has 2 heterocycles. The lowest BCUT2D eigenvalue weighted by Crippen LogP contribution is -2.27. The van der Waals surface area contributed by atoms with E-state index >= 15 is 0 Å². The van der Waals surface area contributed by atoms with E-state index in [9.17, 15) is 4.39 Å². The molecule has 0 radical (unpaired) electrons. The average molecular weight is 261 g/mol. The average Bonchev–Trinajstić information content (AvgIpc) is 2.89. The van der Waals surface area contributed by atoms with Crippen molar-refractivity contribution in [3.05, 3.63) is 35.4 Å². The van der Waals surface area contributed by atoms with Gasteiger partial charge in [0, 0.05) is 11.5 Å². The predicted molar refractivity (Wildman–Crippen MR) is 69.3 cm³/mol. The molecular formula is C14H16FN3O. The SMILES string of the molecule is Cc1cc(F)ccc1-c1nc(C2CCNCC2)no1. The number of benzene rings is 1. The van der Waals surface area contributed by atoms with Crippen molar-refractivity contribution in [1.29, 1.82) is 0 Å². The van der Waals surface area contributed by atoms with Crippen LogP contribution in [0.4, 0.5) is 4.39 Å². The van der Waals surface area contributed by atoms with Gasteiger partial charge in [0.2, 0.25) is 0 Å². The molecule has 5 heteroatoms. The Balaban J connectivity index is 1.87. The molecular weight excluding hydrogens is 245 g/mol. The molecule has 1 saturated heterocycles. The number of hydrogen-bond acceptors (Lipinski definition) is 4. The van der Waals surface area contributed by atoms with Gasteiger partial charge in [-0.1, -0.05) is 5.16 Å². The summed E-state index contributed by atoms with van der Waals surface area (Å²) in [6.07, 6.45) is 2.06. The Morgan fingerprint density at radius 2 is 2.11 bits per heavy atom. The highest BCUT2D eigenvalue weighted by Gasteiger charge is 2.21. The molecule has 1 aliphatic rings. The van der Waals surface area contributed by atoms with Crippen LogP contribution in [0.5, 0.6) is 0 Å². The maximum atomic E-state index is 13.1. The third-order valence-corrected chi connectivity index (χ3v) is 3.56. The van der Waals surface area contributed by atoms with Crippen molar-refractivity contribution in [3.8, 4) is 11.5 Å². The summed E-state index contributed by atoms with van der Waals surface area (Å²) in [5.41, 5.74) is 1.61. The first-order valence-corrected chi connectivity index (χ1v) is 6.55. The van der Waals surface area contributed by atoms with Crippen LogP contribution in [-0.4, -0.2) is 23.2 Å². The molecule has 2 aromatic rings. The fourth-order valence-electron chi connectivity index (χ4n) is 2.46. The minimum Gasteiger partial charge on any atom is -0.334 e. The standard InChI is InChI=1S/C14H16FN3O/c1-9-8-11(15)2-3-12(9)14-17-13(18-19-14)10-4-6-16-7-5-10/h2-3,8,10,16H,4-7H2,1H3. The normalized spacial score (nSPS) is 16.7. The number of hydrogen-bond donors (Lipinski definition) is 1. The number of aryl methyl sites for hydroxylation is 1. The molecule has 1 fully saturated rings. The molecule has 0 atom stereocenters. The maximum absolute atomic E-state index is 13.1. The van der Waals surface area contributed by atoms with E-state index in [2.05, 4.69) is 15.5 Å². The van der Waals surface area contributed by atoms with Crippen LogP contribution < -0.4 is 5.32 Å². The summed E-state index contributed by atoms with van der Waals surface area (Å²) < 4.78 is 18.4. The van der Waals surface area contributed by atoms with Crippen LogP contribution in [0.1, 0.15) is 30.1 Å². The van der Waals surface area contributed by atoms with Crippen molar-refractivity contribution in [2.45, 2.75) is 25.7 Å². The largest absolute Gasteiger partial charge is 0.334 e. The molecule has 4 nitrogen and oxygen atoms in total. The van der Waals surface area contributed by atoms with Crippen molar-refractivity contribution in [2.75, 3.05) is 13.1 Å². The number of nitrogens with one attached hydrogen (secondary N) is 1. The molecule has 1 aromatic heterocycles. The Morgan fingerprint density at radius 1 is 1.32 bits per heavy atom. The van der Waals surface area contributed by atoms with Crippen LogP contribution in [0, 0.1) is 12.7 Å². The molecule has 1 N–H and O–H groups in total. The first-order chi connectivity index (χ1) is 9.24. The van der Waals surface area contributed by atoms with E-state index in [-0.39, 0.29) is 5.82 Å². The van der Waals surface area contributed by atoms with Gasteiger partial charge in [-0.15, -0.1) is 0 Å². The zero-order valence-corrected chi connectivity index (χ0v) is 10.8. The Bertz CT molecular complexity index is 576. The van der Waals surface area contributed by atoms with Gasteiger partial charge in [0.1, 0.15) is 5.82 Å². The van der Waals surface area contributed by atoms with Crippen LogP contribution in [-0.2, 0) is 0 Å². The van der Waals surface area contributed by atoms with Gasteiger partial charge in [0.15, 0.2) is 5.82 Å². The lowest BCUT2D eigenvalue weighted by molar-refractivity contribution is 0.392. The van der Waals surface area contributed by atoms with Gasteiger partial charge in [-0.25, -0.2) is 4.39 Å². The third kappa shape index (κ3) is 2.51. The molecule has 0 bridgehead atoms. The van der Waals surface area contributed by atoms with E-state index in [1.807, 2.05) is 6.92 Å². The van der Waals surface area contributed by atoms with Gasteiger partial charge in [-0.3, -0.25) is 0 Å². The lowest BCUT2D eigenvalue weighted by Gasteiger charge is -2.18. The minimum absolute atomic E-state index is 0.251. The predicted octanol–water partition coefficient (Wildman–Crippen LogP) is 2.65. The van der Waals surface area contributed by atoms with Gasteiger partial charge >= 0.3 is 0 Å². The van der Waals surface area contributed by atoms with E-state index < -0.39 is 0 Å². The molecule has 1 aliphatic heterocycles. The van der Waals surface area contributed by atoms with Gasteiger partial charge in [-0.2, -0.15) is 4.98 Å². The monoisotopic (exact) mass is 261 g/mol. The molecule has 0 spiro atoms. The number of aromatic nitrogens is 2. The summed E-state index contributed by atoms with van der Waals surface area (Å²) in [5.74, 6) is 1.35. The first-order valence-electron chi connectivity index (χ1n) is 6.55. The number of rotatable bonds is 2. The fourth-order valence-corrected chi connectivity index (χ4v) is 2.46. The second-order valence-electron chi connectivity index (χ2n) is 4.94. The molecule has 3 rings (SSSR count). The Kier molecular flexibility index (Phi) is 3.29. The Labute approximate surface area is 111 Å². The van der Waals surface area contributed by atoms with Gasteiger partial charge < -0.3 is 9.84 Å². The van der Waals surface area contributed by atoms with Crippen molar-refractivity contribution in [2.24, 2.45) is 0 Å². The van der Waals surface area contributed by atoms with Crippen molar-refractivity contribution >= 4 is 0 Å². The molecule has 0 aliphatic carbocycles. The number of piperidine rings is 1. The lowest BCUT2D eigenvalue weighted by atomic mass is 9.97. The summed E-state index contributed by atoms with van der Waals surface area (Å²) >= 11 is 0. The second-order valence-corrected chi connectivity index (χ2v) is 4.94. The smallest absolute Gasteiger partial charge is 0.258 e. The van der Waals surface area contributed by atoms with E-state index in [1.54, 1.807) is 6.07 Å². The molecule has 0 saturated carbocycles. The number of halogens is 1. The number of nitrogens with zero attached hydrogens (tertiary/aromatic N) is 2. The van der Waals surface area contributed by atoms with E-state index in [0.29, 0.717) is 11.8 Å². The minimum atomic E-state index is -0.251. The van der Waals surface area contributed by atoms with Crippen LogP contribution in [0.15, 0.2) is 22.7 Å². The summed E-state index contributed by atoms with van der Waals surface area (Å²) in [4.78, 5) is 4.47. The van der Waals surface area contributed by atoms with Crippen molar-refractivity contribution in [1.82, 2.24) is 15.5 Å². The van der Waals surface area contributed by atoms with E-state index in [4.69, 9.17) is 4.52 Å². The van der Waals surface area contributed by atoms with Gasteiger partial charge in [-0.05, 0) is 56.6 Å². The van der Waals surface area contributed by atoms with E-state index in [0.717, 1.165) is 42.9 Å². The van der Waals surface area contributed by atoms with Crippen LogP contribution in [0.25, 0.3) is 11.5 Å². The van der Waals surface area contributed by atoms with Gasteiger partial charge in [0.25, 0.3) is 5.89 Å². The van der Waals surface area contributed by atoms with Crippen molar-refractivity contribution in [3.63, 3.8) is 0 Å². The summed E-state index contributed by atoms with van der Waals surface area (Å²) in [7, 11) is 0. The van der Waals surface area contributed by atoms with Crippen LogP contribution in [0.3, 0.4) is 0 Å². The highest BCUT2D eigenvalue weighted by atomic mass is 19.1. The molecule has 100 valence electrons. The molecule has 1 aromatic carbocycles. The summed E-state index contributed by atoms with van der Waals surface area (Å²) in [6, 6.07) is 4.57.